The van der Waals surface area contributed by atoms with Gasteiger partial charge in [0.1, 0.15) is 0 Å². The molecule has 1 aliphatic heterocycles. The fraction of sp³-hybridized carbons (Fsp3) is 0.600. The van der Waals surface area contributed by atoms with Crippen molar-refractivity contribution in [2.75, 3.05) is 26.2 Å². The van der Waals surface area contributed by atoms with Crippen LogP contribution in [0.4, 0.5) is 5.69 Å². The van der Waals surface area contributed by atoms with Crippen LogP contribution in [0.15, 0.2) is 18.2 Å². The first-order chi connectivity index (χ1) is 10.0. The van der Waals surface area contributed by atoms with E-state index < -0.39 is 0 Å². The minimum Gasteiger partial charge on any atom is -0.314 e. The molecule has 1 aliphatic rings. The Labute approximate surface area is 154 Å². The van der Waals surface area contributed by atoms with Crippen molar-refractivity contribution in [3.63, 3.8) is 0 Å². The topological polar surface area (TPSA) is 58.4 Å². The fourth-order valence-electron chi connectivity index (χ4n) is 2.92. The van der Waals surface area contributed by atoms with Gasteiger partial charge in [0.05, 0.1) is 4.92 Å². The lowest BCUT2D eigenvalue weighted by Crippen LogP contribution is -2.46. The third-order valence-corrected chi connectivity index (χ3v) is 4.58. The summed E-state index contributed by atoms with van der Waals surface area (Å²) in [5.74, 6) is 0.391. The van der Waals surface area contributed by atoms with Gasteiger partial charge in [-0.15, -0.1) is 24.8 Å². The molecule has 0 amide bonds. The third kappa shape index (κ3) is 5.47. The maximum Gasteiger partial charge on any atom is 0.269 e. The molecule has 1 fully saturated rings. The predicted octanol–water partition coefficient (Wildman–Crippen LogP) is 4.08. The molecule has 0 aromatic heterocycles. The molecule has 5 nitrogen and oxygen atoms in total. The lowest BCUT2D eigenvalue weighted by Gasteiger charge is -2.38. The molecule has 132 valence electrons. The summed E-state index contributed by atoms with van der Waals surface area (Å²) in [5.41, 5.74) is 0.986. The van der Waals surface area contributed by atoms with Crippen molar-refractivity contribution in [3.8, 4) is 0 Å². The Morgan fingerprint density at radius 2 is 1.96 bits per heavy atom. The van der Waals surface area contributed by atoms with E-state index >= 15 is 0 Å². The van der Waals surface area contributed by atoms with Crippen molar-refractivity contribution in [2.45, 2.75) is 26.3 Å². The normalized spacial score (nSPS) is 17.5. The van der Waals surface area contributed by atoms with Gasteiger partial charge in [-0.05, 0) is 17.5 Å². The Morgan fingerprint density at radius 1 is 1.35 bits per heavy atom. The summed E-state index contributed by atoms with van der Waals surface area (Å²) in [6, 6.07) is 4.88. The van der Waals surface area contributed by atoms with Crippen molar-refractivity contribution in [2.24, 2.45) is 5.92 Å². The first kappa shape index (κ1) is 22.4. The number of non-ortho nitro benzene ring substituents is 1. The van der Waals surface area contributed by atoms with E-state index in [2.05, 4.69) is 24.1 Å². The van der Waals surface area contributed by atoms with Crippen LogP contribution < -0.4 is 5.32 Å². The van der Waals surface area contributed by atoms with Crippen molar-refractivity contribution in [1.29, 1.82) is 0 Å². The van der Waals surface area contributed by atoms with E-state index in [0.29, 0.717) is 10.9 Å². The Kier molecular flexibility index (Phi) is 10.0. The van der Waals surface area contributed by atoms with Gasteiger partial charge in [0.15, 0.2) is 0 Å². The van der Waals surface area contributed by atoms with Gasteiger partial charge in [-0.25, -0.2) is 0 Å². The zero-order chi connectivity index (χ0) is 15.4. The average Bonchev–Trinajstić information content (AvgIpc) is 2.50. The number of piperazine rings is 1. The molecule has 1 saturated heterocycles. The summed E-state index contributed by atoms with van der Waals surface area (Å²) >= 11 is 6.35. The first-order valence-corrected chi connectivity index (χ1v) is 7.81. The molecule has 0 saturated carbocycles. The van der Waals surface area contributed by atoms with Crippen LogP contribution in [0.25, 0.3) is 0 Å². The van der Waals surface area contributed by atoms with Crippen LogP contribution in [0.5, 0.6) is 0 Å². The molecule has 1 N–H and O–H groups in total. The number of benzene rings is 1. The molecule has 0 aliphatic carbocycles. The third-order valence-electron chi connectivity index (χ3n) is 4.24. The molecule has 2 rings (SSSR count). The summed E-state index contributed by atoms with van der Waals surface area (Å²) < 4.78 is 0. The monoisotopic (exact) mass is 383 g/mol. The smallest absolute Gasteiger partial charge is 0.269 e. The average molecular weight is 385 g/mol. The Hall–Kier alpha value is -0.590. The summed E-state index contributed by atoms with van der Waals surface area (Å²) in [5, 5.41) is 15.0. The number of nitrogens with zero attached hydrogens (tertiary/aromatic N) is 2. The van der Waals surface area contributed by atoms with E-state index in [9.17, 15) is 10.1 Å². The minimum absolute atomic E-state index is 0. The van der Waals surface area contributed by atoms with E-state index in [1.807, 2.05) is 0 Å². The lowest BCUT2D eigenvalue weighted by molar-refractivity contribution is -0.385. The second kappa shape index (κ2) is 10.3. The van der Waals surface area contributed by atoms with Gasteiger partial charge in [0, 0.05) is 49.4 Å². The number of halogens is 3. The Morgan fingerprint density at radius 3 is 2.48 bits per heavy atom. The summed E-state index contributed by atoms with van der Waals surface area (Å²) in [6.45, 7) is 8.09. The van der Waals surface area contributed by atoms with Crippen LogP contribution in [0.2, 0.25) is 5.02 Å². The molecule has 1 aromatic carbocycles. The van der Waals surface area contributed by atoms with Gasteiger partial charge in [0.2, 0.25) is 0 Å². The molecular formula is C15H24Cl3N3O2. The zero-order valence-corrected chi connectivity index (χ0v) is 15.7. The SMILES string of the molecule is CCC(C)[C@@H](c1cc([N+](=O)[O-])ccc1Cl)N1CCNCC1.Cl.Cl. The van der Waals surface area contributed by atoms with Crippen LogP contribution in [0.3, 0.4) is 0 Å². The van der Waals surface area contributed by atoms with Gasteiger partial charge in [-0.3, -0.25) is 15.0 Å². The van der Waals surface area contributed by atoms with Crippen LogP contribution >= 0.6 is 36.4 Å². The highest BCUT2D eigenvalue weighted by atomic mass is 35.5. The summed E-state index contributed by atoms with van der Waals surface area (Å²) in [4.78, 5) is 13.1. The van der Waals surface area contributed by atoms with E-state index in [0.717, 1.165) is 38.2 Å². The Bertz CT molecular complexity index is 511. The molecule has 1 unspecified atom stereocenters. The molecule has 1 aromatic rings. The molecule has 8 heteroatoms. The number of hydrogen-bond donors (Lipinski definition) is 1. The van der Waals surface area contributed by atoms with E-state index in [-0.39, 0.29) is 41.5 Å². The van der Waals surface area contributed by atoms with E-state index in [1.54, 1.807) is 12.1 Å². The molecular weight excluding hydrogens is 361 g/mol. The second-order valence-electron chi connectivity index (χ2n) is 5.58. The lowest BCUT2D eigenvalue weighted by atomic mass is 9.90. The quantitative estimate of drug-likeness (QED) is 0.614. The molecule has 1 heterocycles. The zero-order valence-electron chi connectivity index (χ0n) is 13.3. The van der Waals surface area contributed by atoms with Crippen molar-refractivity contribution in [1.82, 2.24) is 10.2 Å². The maximum absolute atomic E-state index is 11.0. The number of nitro groups is 1. The Balaban J connectivity index is 0.00000242. The number of nitrogens with one attached hydrogen (secondary N) is 1. The molecule has 0 radical (unpaired) electrons. The largest absolute Gasteiger partial charge is 0.314 e. The minimum atomic E-state index is -0.356. The molecule has 23 heavy (non-hydrogen) atoms. The van der Waals surface area contributed by atoms with Gasteiger partial charge < -0.3 is 5.32 Å². The predicted molar refractivity (Wildman–Crippen MR) is 99.2 cm³/mol. The summed E-state index contributed by atoms with van der Waals surface area (Å²) in [7, 11) is 0. The van der Waals surface area contributed by atoms with E-state index in [1.165, 1.54) is 6.07 Å². The van der Waals surface area contributed by atoms with Crippen LogP contribution in [0.1, 0.15) is 31.9 Å². The highest BCUT2D eigenvalue weighted by Crippen LogP contribution is 2.37. The van der Waals surface area contributed by atoms with E-state index in [4.69, 9.17) is 11.6 Å². The first-order valence-electron chi connectivity index (χ1n) is 7.43. The number of rotatable bonds is 5. The highest BCUT2D eigenvalue weighted by molar-refractivity contribution is 6.31. The number of nitro benzene ring substituents is 1. The standard InChI is InChI=1S/C15H22ClN3O2.2ClH/c1-3-11(2)15(18-8-6-17-7-9-18)13-10-12(19(20)21)4-5-14(13)16;;/h4-5,10-11,15,17H,3,6-9H2,1-2H3;2*1H/t11?,15-;;/m0../s1. The van der Waals surface area contributed by atoms with Crippen LogP contribution in [-0.2, 0) is 0 Å². The van der Waals surface area contributed by atoms with Crippen molar-refractivity contribution in [3.05, 3.63) is 38.9 Å². The molecule has 0 bridgehead atoms. The van der Waals surface area contributed by atoms with Gasteiger partial charge >= 0.3 is 0 Å². The van der Waals surface area contributed by atoms with Gasteiger partial charge in [-0.2, -0.15) is 0 Å². The maximum atomic E-state index is 11.0. The highest BCUT2D eigenvalue weighted by Gasteiger charge is 2.29. The molecule has 2 atom stereocenters. The van der Waals surface area contributed by atoms with Gasteiger partial charge in [-0.1, -0.05) is 31.9 Å². The van der Waals surface area contributed by atoms with Crippen molar-refractivity contribution >= 4 is 42.1 Å². The second-order valence-corrected chi connectivity index (χ2v) is 5.99. The summed E-state index contributed by atoms with van der Waals surface area (Å²) in [6.07, 6.45) is 1.01. The fourth-order valence-corrected chi connectivity index (χ4v) is 3.15. The van der Waals surface area contributed by atoms with Crippen LogP contribution in [-0.4, -0.2) is 36.0 Å². The number of hydrogen-bond acceptors (Lipinski definition) is 4. The van der Waals surface area contributed by atoms with Gasteiger partial charge in [0.25, 0.3) is 5.69 Å². The van der Waals surface area contributed by atoms with Crippen molar-refractivity contribution < 1.29 is 4.92 Å². The molecule has 0 spiro atoms. The van der Waals surface area contributed by atoms with Crippen LogP contribution in [0, 0.1) is 16.0 Å².